The zero-order chi connectivity index (χ0) is 19.2. The fourth-order valence-electron chi connectivity index (χ4n) is 3.06. The minimum absolute atomic E-state index is 0.0366. The third-order valence-corrected chi connectivity index (χ3v) is 4.52. The van der Waals surface area contributed by atoms with Crippen molar-refractivity contribution in [3.8, 4) is 0 Å². The van der Waals surface area contributed by atoms with Crippen LogP contribution in [0, 0.1) is 0 Å². The molecule has 0 aliphatic carbocycles. The summed E-state index contributed by atoms with van der Waals surface area (Å²) in [6, 6.07) is 11.2. The monoisotopic (exact) mass is 368 g/mol. The molecule has 2 amide bonds. The highest BCUT2D eigenvalue weighted by molar-refractivity contribution is 5.91. The molecule has 6 nitrogen and oxygen atoms in total. The molecule has 0 radical (unpaired) electrons. The summed E-state index contributed by atoms with van der Waals surface area (Å²) in [6.45, 7) is 2.98. The van der Waals surface area contributed by atoms with Crippen molar-refractivity contribution in [1.82, 2.24) is 10.2 Å². The van der Waals surface area contributed by atoms with E-state index in [1.807, 2.05) is 31.2 Å². The topological polar surface area (TPSA) is 75.7 Å². The van der Waals surface area contributed by atoms with Crippen LogP contribution in [0.1, 0.15) is 41.6 Å². The van der Waals surface area contributed by atoms with Gasteiger partial charge in [0.2, 0.25) is 5.91 Å². The number of hydrogen-bond acceptors (Lipinski definition) is 4. The van der Waals surface area contributed by atoms with Gasteiger partial charge in [-0.05, 0) is 24.6 Å². The molecule has 27 heavy (non-hydrogen) atoms. The van der Waals surface area contributed by atoms with E-state index in [1.54, 1.807) is 24.1 Å². The Bertz CT molecular complexity index is 912. The van der Waals surface area contributed by atoms with Crippen molar-refractivity contribution >= 4 is 22.8 Å². The molecule has 0 saturated carbocycles. The third kappa shape index (κ3) is 4.39. The van der Waals surface area contributed by atoms with E-state index < -0.39 is 0 Å². The summed E-state index contributed by atoms with van der Waals surface area (Å²) in [6.07, 6.45) is 3.18. The van der Waals surface area contributed by atoms with Crippen LogP contribution in [-0.2, 0) is 17.8 Å². The molecular weight excluding hydrogens is 344 g/mol. The average Bonchev–Trinajstić information content (AvgIpc) is 3.33. The Morgan fingerprint density at radius 2 is 1.96 bits per heavy atom. The van der Waals surface area contributed by atoms with Gasteiger partial charge < -0.3 is 19.1 Å². The number of para-hydroxylation sites is 1. The van der Waals surface area contributed by atoms with Crippen LogP contribution >= 0.6 is 0 Å². The van der Waals surface area contributed by atoms with Crippen LogP contribution in [-0.4, -0.2) is 30.3 Å². The van der Waals surface area contributed by atoms with Gasteiger partial charge in [0.1, 0.15) is 11.3 Å². The van der Waals surface area contributed by atoms with Crippen molar-refractivity contribution in [2.24, 2.45) is 0 Å². The highest BCUT2D eigenvalue weighted by Gasteiger charge is 2.17. The summed E-state index contributed by atoms with van der Waals surface area (Å²) in [5.41, 5.74) is 1.92. The second-order valence-electron chi connectivity index (χ2n) is 6.44. The Labute approximate surface area is 158 Å². The zero-order valence-electron chi connectivity index (χ0n) is 15.7. The van der Waals surface area contributed by atoms with Gasteiger partial charge in [-0.15, -0.1) is 0 Å². The molecule has 2 heterocycles. The first-order chi connectivity index (χ1) is 13.1. The number of aryl methyl sites for hydroxylation is 1. The standard InChI is InChI=1S/C21H24N2O4/c1-3-17-16(15-8-4-5-9-18(15)27-17)14-23(2)20(24)11-6-12-22-21(25)19-10-7-13-26-19/h4-5,7-10,13H,3,6,11-12,14H2,1-2H3,(H,22,25). The van der Waals surface area contributed by atoms with Crippen LogP contribution in [0.4, 0.5) is 0 Å². The minimum Gasteiger partial charge on any atom is -0.461 e. The second-order valence-corrected chi connectivity index (χ2v) is 6.44. The Balaban J connectivity index is 1.51. The van der Waals surface area contributed by atoms with Crippen LogP contribution in [0.2, 0.25) is 0 Å². The molecule has 3 rings (SSSR count). The fraction of sp³-hybridized carbons (Fsp3) is 0.333. The van der Waals surface area contributed by atoms with Gasteiger partial charge in [-0.25, -0.2) is 0 Å². The first-order valence-corrected chi connectivity index (χ1v) is 9.15. The summed E-state index contributed by atoms with van der Waals surface area (Å²) >= 11 is 0. The van der Waals surface area contributed by atoms with Gasteiger partial charge in [0.15, 0.2) is 5.76 Å². The van der Waals surface area contributed by atoms with Gasteiger partial charge in [-0.3, -0.25) is 9.59 Å². The quantitative estimate of drug-likeness (QED) is 0.614. The van der Waals surface area contributed by atoms with Crippen LogP contribution in [0.3, 0.4) is 0 Å². The molecule has 0 unspecified atom stereocenters. The third-order valence-electron chi connectivity index (χ3n) is 4.52. The van der Waals surface area contributed by atoms with Gasteiger partial charge in [-0.1, -0.05) is 25.1 Å². The van der Waals surface area contributed by atoms with E-state index in [-0.39, 0.29) is 17.6 Å². The molecule has 0 spiro atoms. The maximum atomic E-state index is 12.4. The lowest BCUT2D eigenvalue weighted by Gasteiger charge is -2.17. The summed E-state index contributed by atoms with van der Waals surface area (Å²) < 4.78 is 10.9. The van der Waals surface area contributed by atoms with Gasteiger partial charge in [0.05, 0.1) is 6.26 Å². The molecule has 0 aliphatic rings. The lowest BCUT2D eigenvalue weighted by molar-refractivity contribution is -0.130. The van der Waals surface area contributed by atoms with Crippen LogP contribution in [0.25, 0.3) is 11.0 Å². The first-order valence-electron chi connectivity index (χ1n) is 9.15. The van der Waals surface area contributed by atoms with E-state index in [1.165, 1.54) is 6.26 Å². The predicted molar refractivity (Wildman–Crippen MR) is 102 cm³/mol. The molecule has 142 valence electrons. The Hall–Kier alpha value is -3.02. The largest absolute Gasteiger partial charge is 0.461 e. The highest BCUT2D eigenvalue weighted by atomic mass is 16.3. The maximum Gasteiger partial charge on any atom is 0.286 e. The molecule has 0 saturated heterocycles. The van der Waals surface area contributed by atoms with Crippen LogP contribution < -0.4 is 5.32 Å². The number of rotatable bonds is 8. The molecule has 0 atom stereocenters. The summed E-state index contributed by atoms with van der Waals surface area (Å²) in [5, 5.41) is 3.80. The van der Waals surface area contributed by atoms with Crippen molar-refractivity contribution < 1.29 is 18.4 Å². The molecule has 1 N–H and O–H groups in total. The van der Waals surface area contributed by atoms with E-state index in [4.69, 9.17) is 8.83 Å². The zero-order valence-corrected chi connectivity index (χ0v) is 15.7. The normalized spacial score (nSPS) is 10.9. The van der Waals surface area contributed by atoms with Crippen molar-refractivity contribution in [1.29, 1.82) is 0 Å². The smallest absolute Gasteiger partial charge is 0.286 e. The van der Waals surface area contributed by atoms with Gasteiger partial charge in [-0.2, -0.15) is 0 Å². The number of carbonyl (C=O) groups is 2. The summed E-state index contributed by atoms with van der Waals surface area (Å²) in [4.78, 5) is 25.9. The van der Waals surface area contributed by atoms with Crippen molar-refractivity contribution in [3.05, 3.63) is 59.7 Å². The number of amides is 2. The van der Waals surface area contributed by atoms with Gasteiger partial charge in [0, 0.05) is 43.9 Å². The van der Waals surface area contributed by atoms with Crippen molar-refractivity contribution in [2.75, 3.05) is 13.6 Å². The van der Waals surface area contributed by atoms with Crippen molar-refractivity contribution in [2.45, 2.75) is 32.7 Å². The predicted octanol–water partition coefficient (Wildman–Crippen LogP) is 3.76. The maximum absolute atomic E-state index is 12.4. The van der Waals surface area contributed by atoms with E-state index in [9.17, 15) is 9.59 Å². The number of benzene rings is 1. The highest BCUT2D eigenvalue weighted by Crippen LogP contribution is 2.27. The van der Waals surface area contributed by atoms with E-state index >= 15 is 0 Å². The Morgan fingerprint density at radius 1 is 1.15 bits per heavy atom. The molecule has 0 fully saturated rings. The van der Waals surface area contributed by atoms with Crippen LogP contribution in [0.15, 0.2) is 51.5 Å². The van der Waals surface area contributed by atoms with Gasteiger partial charge in [0.25, 0.3) is 5.91 Å². The lowest BCUT2D eigenvalue weighted by Crippen LogP contribution is -2.28. The number of nitrogens with one attached hydrogen (secondary N) is 1. The first kappa shape index (κ1) is 18.8. The number of furan rings is 2. The molecule has 2 aromatic heterocycles. The van der Waals surface area contributed by atoms with Crippen molar-refractivity contribution in [3.63, 3.8) is 0 Å². The molecular formula is C21H24N2O4. The number of nitrogens with zero attached hydrogens (tertiary/aromatic N) is 1. The molecule has 0 aliphatic heterocycles. The molecule has 0 bridgehead atoms. The average molecular weight is 368 g/mol. The lowest BCUT2D eigenvalue weighted by atomic mass is 10.1. The minimum atomic E-state index is -0.266. The fourth-order valence-corrected chi connectivity index (χ4v) is 3.06. The number of hydrogen-bond donors (Lipinski definition) is 1. The van der Waals surface area contributed by atoms with E-state index in [2.05, 4.69) is 5.32 Å². The summed E-state index contributed by atoms with van der Waals surface area (Å²) in [7, 11) is 1.80. The summed E-state index contributed by atoms with van der Waals surface area (Å²) in [5.74, 6) is 0.965. The Morgan fingerprint density at radius 3 is 2.70 bits per heavy atom. The SMILES string of the molecule is CCc1oc2ccccc2c1CN(C)C(=O)CCCNC(=O)c1ccco1. The van der Waals surface area contributed by atoms with E-state index in [0.29, 0.717) is 25.9 Å². The number of fused-ring (bicyclic) bond motifs is 1. The molecule has 1 aromatic carbocycles. The Kier molecular flexibility index (Phi) is 5.96. The second kappa shape index (κ2) is 8.58. The van der Waals surface area contributed by atoms with E-state index in [0.717, 1.165) is 28.7 Å². The number of carbonyl (C=O) groups excluding carboxylic acids is 2. The molecule has 6 heteroatoms. The van der Waals surface area contributed by atoms with Gasteiger partial charge >= 0.3 is 0 Å². The van der Waals surface area contributed by atoms with Crippen LogP contribution in [0.5, 0.6) is 0 Å². The molecule has 3 aromatic rings.